The van der Waals surface area contributed by atoms with Gasteiger partial charge in [0.15, 0.2) is 0 Å². The van der Waals surface area contributed by atoms with Crippen LogP contribution in [0.4, 0.5) is 0 Å². The number of imidazole rings is 1. The molecule has 0 saturated heterocycles. The lowest BCUT2D eigenvalue weighted by atomic mass is 9.86. The Bertz CT molecular complexity index is 1960. The number of rotatable bonds is 5. The first-order valence-electron chi connectivity index (χ1n) is 13.7. The number of para-hydroxylation sites is 3. The second kappa shape index (κ2) is 10.2. The highest BCUT2D eigenvalue weighted by molar-refractivity contribution is 5.97. The van der Waals surface area contributed by atoms with Gasteiger partial charge in [0, 0.05) is 5.56 Å². The van der Waals surface area contributed by atoms with E-state index in [0.29, 0.717) is 0 Å². The molecule has 1 aromatic heterocycles. The largest absolute Gasteiger partial charge is 0.296 e. The molecule has 0 aliphatic carbocycles. The quantitative estimate of drug-likeness (QED) is 0.224. The summed E-state index contributed by atoms with van der Waals surface area (Å²) in [6.45, 7) is 2.08. The fourth-order valence-corrected chi connectivity index (χ4v) is 5.84. The highest BCUT2D eigenvalue weighted by Gasteiger charge is 2.18. The van der Waals surface area contributed by atoms with Crippen molar-refractivity contribution in [3.05, 3.63) is 157 Å². The smallest absolute Gasteiger partial charge is 0.111 e. The molecule has 0 amide bonds. The van der Waals surface area contributed by atoms with E-state index in [1.54, 1.807) is 0 Å². The molecule has 6 aromatic carbocycles. The Labute approximate surface area is 234 Å². The summed E-state index contributed by atoms with van der Waals surface area (Å²) in [5.74, 6) is 0.975. The molecule has 2 heteroatoms. The van der Waals surface area contributed by atoms with Crippen molar-refractivity contribution in [2.24, 2.45) is 0 Å². The Hall–Kier alpha value is -5.21. The summed E-state index contributed by atoms with van der Waals surface area (Å²) in [5, 5.41) is 0. The summed E-state index contributed by atoms with van der Waals surface area (Å²) in [7, 11) is 0. The second-order valence-electron chi connectivity index (χ2n) is 10.0. The Kier molecular flexibility index (Phi) is 6.07. The molecular formula is C38H28N2. The van der Waals surface area contributed by atoms with Gasteiger partial charge in [0.2, 0.25) is 0 Å². The van der Waals surface area contributed by atoms with Crippen LogP contribution in [0.25, 0.3) is 61.2 Å². The van der Waals surface area contributed by atoms with Gasteiger partial charge in [-0.05, 0) is 64.1 Å². The Morgan fingerprint density at radius 3 is 1.45 bits per heavy atom. The van der Waals surface area contributed by atoms with E-state index < -0.39 is 0 Å². The zero-order valence-corrected chi connectivity index (χ0v) is 22.3. The van der Waals surface area contributed by atoms with E-state index in [4.69, 9.17) is 4.98 Å². The van der Waals surface area contributed by atoms with Gasteiger partial charge >= 0.3 is 0 Å². The lowest BCUT2D eigenvalue weighted by Gasteiger charge is -2.19. The molecule has 0 aliphatic rings. The number of hydrogen-bond acceptors (Lipinski definition) is 1. The van der Waals surface area contributed by atoms with E-state index in [9.17, 15) is 0 Å². The van der Waals surface area contributed by atoms with Crippen LogP contribution >= 0.6 is 0 Å². The van der Waals surface area contributed by atoms with Crippen LogP contribution in [-0.2, 0) is 0 Å². The van der Waals surface area contributed by atoms with E-state index in [-0.39, 0.29) is 0 Å². The van der Waals surface area contributed by atoms with Gasteiger partial charge in [0.05, 0.1) is 16.7 Å². The average Bonchev–Trinajstić information content (AvgIpc) is 3.37. The van der Waals surface area contributed by atoms with Crippen molar-refractivity contribution < 1.29 is 0 Å². The van der Waals surface area contributed by atoms with Crippen LogP contribution in [0.5, 0.6) is 0 Å². The molecule has 7 rings (SSSR count). The van der Waals surface area contributed by atoms with E-state index in [2.05, 4.69) is 157 Å². The lowest BCUT2D eigenvalue weighted by molar-refractivity contribution is 1.00. The molecule has 190 valence electrons. The van der Waals surface area contributed by atoms with Gasteiger partial charge in [-0.15, -0.1) is 0 Å². The number of hydrogen-bond donors (Lipinski definition) is 0. The summed E-state index contributed by atoms with van der Waals surface area (Å²) >= 11 is 0. The number of nitrogens with zero attached hydrogens (tertiary/aromatic N) is 2. The van der Waals surface area contributed by atoms with Gasteiger partial charge in [-0.25, -0.2) is 4.98 Å². The Morgan fingerprint density at radius 1 is 0.400 bits per heavy atom. The maximum absolute atomic E-state index is 4.86. The Balaban J connectivity index is 1.45. The van der Waals surface area contributed by atoms with Gasteiger partial charge in [0.1, 0.15) is 5.82 Å². The van der Waals surface area contributed by atoms with Crippen LogP contribution < -0.4 is 0 Å². The van der Waals surface area contributed by atoms with Crippen molar-refractivity contribution in [2.45, 2.75) is 6.92 Å². The molecule has 7 aromatic rings. The van der Waals surface area contributed by atoms with Crippen molar-refractivity contribution >= 4 is 11.0 Å². The maximum Gasteiger partial charge on any atom is 0.111 e. The molecule has 0 fully saturated rings. The molecule has 0 atom stereocenters. The van der Waals surface area contributed by atoms with Crippen LogP contribution in [-0.4, -0.2) is 9.55 Å². The van der Waals surface area contributed by atoms with E-state index in [1.165, 1.54) is 44.5 Å². The molecule has 1 heterocycles. The monoisotopic (exact) mass is 512 g/mol. The first-order chi connectivity index (χ1) is 19.8. The molecule has 2 nitrogen and oxygen atoms in total. The molecule has 0 radical (unpaired) electrons. The van der Waals surface area contributed by atoms with Gasteiger partial charge in [0.25, 0.3) is 0 Å². The summed E-state index contributed by atoms with van der Waals surface area (Å²) in [4.78, 5) is 4.86. The molecule has 0 unspecified atom stereocenters. The number of fused-ring (bicyclic) bond motifs is 1. The molecule has 0 N–H and O–H groups in total. The summed E-state index contributed by atoms with van der Waals surface area (Å²) in [6.07, 6.45) is 0. The van der Waals surface area contributed by atoms with E-state index >= 15 is 0 Å². The van der Waals surface area contributed by atoms with Crippen molar-refractivity contribution in [3.8, 4) is 50.2 Å². The van der Waals surface area contributed by atoms with Crippen LogP contribution in [0, 0.1) is 6.92 Å². The molecular weight excluding hydrogens is 484 g/mol. The third-order valence-corrected chi connectivity index (χ3v) is 7.61. The minimum absolute atomic E-state index is 0.975. The SMILES string of the molecule is Cc1nc2ccccc2n1-c1ccccc1-c1ccccc1-c1ccccc1-c1ccccc1-c1ccccc1. The van der Waals surface area contributed by atoms with Gasteiger partial charge in [-0.2, -0.15) is 0 Å². The topological polar surface area (TPSA) is 17.8 Å². The third kappa shape index (κ3) is 4.11. The minimum Gasteiger partial charge on any atom is -0.296 e. The first-order valence-corrected chi connectivity index (χ1v) is 13.7. The lowest BCUT2D eigenvalue weighted by Crippen LogP contribution is -2.00. The summed E-state index contributed by atoms with van der Waals surface area (Å²) < 4.78 is 2.28. The van der Waals surface area contributed by atoms with E-state index in [0.717, 1.165) is 22.5 Å². The predicted octanol–water partition coefficient (Wildman–Crippen LogP) is 10.0. The molecule has 40 heavy (non-hydrogen) atoms. The highest BCUT2D eigenvalue weighted by Crippen LogP contribution is 2.42. The van der Waals surface area contributed by atoms with Crippen LogP contribution in [0.1, 0.15) is 5.82 Å². The second-order valence-corrected chi connectivity index (χ2v) is 10.0. The van der Waals surface area contributed by atoms with Crippen molar-refractivity contribution in [1.29, 1.82) is 0 Å². The van der Waals surface area contributed by atoms with Crippen molar-refractivity contribution in [3.63, 3.8) is 0 Å². The third-order valence-electron chi connectivity index (χ3n) is 7.61. The fourth-order valence-electron chi connectivity index (χ4n) is 5.84. The highest BCUT2D eigenvalue weighted by atomic mass is 15.1. The fraction of sp³-hybridized carbons (Fsp3) is 0.0263. The van der Waals surface area contributed by atoms with Crippen LogP contribution in [0.3, 0.4) is 0 Å². The normalized spacial score (nSPS) is 11.1. The van der Waals surface area contributed by atoms with Gasteiger partial charge in [-0.1, -0.05) is 133 Å². The molecule has 0 spiro atoms. The predicted molar refractivity (Wildman–Crippen MR) is 168 cm³/mol. The standard InChI is InChI=1S/C38H28N2/c1-27-39-36-24-12-14-26-38(36)40(27)37-25-13-11-23-35(37)34-22-10-9-21-33(34)32-20-8-7-19-31(32)30-18-6-5-17-29(30)28-15-3-2-4-16-28/h2-26H,1H3. The molecule has 0 aliphatic heterocycles. The van der Waals surface area contributed by atoms with Crippen molar-refractivity contribution in [1.82, 2.24) is 9.55 Å². The minimum atomic E-state index is 0.975. The number of aryl methyl sites for hydroxylation is 1. The zero-order chi connectivity index (χ0) is 26.9. The van der Waals surface area contributed by atoms with Crippen LogP contribution in [0.15, 0.2) is 152 Å². The number of aromatic nitrogens is 2. The summed E-state index contributed by atoms with van der Waals surface area (Å²) in [5.41, 5.74) is 12.9. The van der Waals surface area contributed by atoms with Crippen molar-refractivity contribution in [2.75, 3.05) is 0 Å². The zero-order valence-electron chi connectivity index (χ0n) is 22.3. The Morgan fingerprint density at radius 2 is 0.825 bits per heavy atom. The maximum atomic E-state index is 4.86. The van der Waals surface area contributed by atoms with Crippen LogP contribution in [0.2, 0.25) is 0 Å². The first kappa shape index (κ1) is 23.9. The van der Waals surface area contributed by atoms with Gasteiger partial charge in [-0.3, -0.25) is 4.57 Å². The summed E-state index contributed by atoms with van der Waals surface area (Å²) in [6, 6.07) is 53.9. The number of benzene rings is 6. The molecule has 0 bridgehead atoms. The molecule has 0 saturated carbocycles. The average molecular weight is 513 g/mol. The van der Waals surface area contributed by atoms with Gasteiger partial charge < -0.3 is 0 Å². The van der Waals surface area contributed by atoms with E-state index in [1.807, 2.05) is 6.07 Å².